The Morgan fingerprint density at radius 2 is 2.00 bits per heavy atom. The van der Waals surface area contributed by atoms with Crippen LogP contribution in [-0.4, -0.2) is 34.7 Å². The molecule has 0 saturated heterocycles. The van der Waals surface area contributed by atoms with Crippen LogP contribution in [0.3, 0.4) is 0 Å². The number of carbonyl (C=O) groups is 2. The molecular weight excluding hydrogens is 284 g/mol. The van der Waals surface area contributed by atoms with Gasteiger partial charge >= 0.3 is 5.97 Å². The van der Waals surface area contributed by atoms with Gasteiger partial charge in [-0.1, -0.05) is 32.3 Å². The molecule has 0 heterocycles. The number of amides is 1. The highest BCUT2D eigenvalue weighted by atomic mass is 16.4. The van der Waals surface area contributed by atoms with Gasteiger partial charge in [0.05, 0.1) is 6.42 Å². The van der Waals surface area contributed by atoms with Gasteiger partial charge in [0.15, 0.2) is 0 Å². The number of carboxylic acid groups (broad SMARTS) is 1. The Hall–Kier alpha value is -2.08. The highest BCUT2D eigenvalue weighted by Gasteiger charge is 2.20. The zero-order valence-electron chi connectivity index (χ0n) is 12.8. The second kappa shape index (κ2) is 9.78. The van der Waals surface area contributed by atoms with Gasteiger partial charge in [0.1, 0.15) is 11.8 Å². The molecule has 1 aromatic rings. The fourth-order valence-electron chi connectivity index (χ4n) is 2.06. The number of phenolic OH excluding ortho intramolecular Hbond substituents is 1. The molecule has 0 aromatic heterocycles. The minimum Gasteiger partial charge on any atom is -0.508 e. The molecule has 0 aliphatic rings. The molecule has 122 valence electrons. The van der Waals surface area contributed by atoms with Crippen LogP contribution in [0.15, 0.2) is 24.3 Å². The van der Waals surface area contributed by atoms with E-state index < -0.39 is 17.9 Å². The van der Waals surface area contributed by atoms with Gasteiger partial charge < -0.3 is 20.8 Å². The highest BCUT2D eigenvalue weighted by Crippen LogP contribution is 2.15. The van der Waals surface area contributed by atoms with Gasteiger partial charge in [-0.05, 0) is 25.1 Å². The number of aliphatic carboxylic acids is 1. The largest absolute Gasteiger partial charge is 0.508 e. The first-order valence-electron chi connectivity index (χ1n) is 7.58. The summed E-state index contributed by atoms with van der Waals surface area (Å²) in [6.07, 6.45) is 4.03. The number of benzene rings is 1. The standard InChI is InChI=1S/C16H24N2O4/c1-2-3-4-5-9-17-14(16(21)22)11-15(20)18-12-7-6-8-13(19)10-12/h6-8,10,14,17,19H,2-5,9,11H2,1H3,(H,18,20)(H,21,22)/t14-/m1/s1. The quantitative estimate of drug-likeness (QED) is 0.497. The predicted octanol–water partition coefficient (Wildman–Crippen LogP) is 2.34. The molecule has 6 nitrogen and oxygen atoms in total. The minimum absolute atomic E-state index is 0.0432. The van der Waals surface area contributed by atoms with E-state index in [4.69, 9.17) is 5.11 Å². The van der Waals surface area contributed by atoms with E-state index in [0.717, 1.165) is 25.7 Å². The normalized spacial score (nSPS) is 11.9. The van der Waals surface area contributed by atoms with Gasteiger partial charge in [-0.3, -0.25) is 9.59 Å². The Morgan fingerprint density at radius 3 is 2.64 bits per heavy atom. The predicted molar refractivity (Wildman–Crippen MR) is 84.9 cm³/mol. The number of aromatic hydroxyl groups is 1. The molecule has 22 heavy (non-hydrogen) atoms. The van der Waals surface area contributed by atoms with Crippen molar-refractivity contribution in [3.05, 3.63) is 24.3 Å². The van der Waals surface area contributed by atoms with Crippen molar-refractivity contribution in [1.82, 2.24) is 5.32 Å². The van der Waals surface area contributed by atoms with Crippen LogP contribution in [-0.2, 0) is 9.59 Å². The van der Waals surface area contributed by atoms with Gasteiger partial charge in [0.2, 0.25) is 5.91 Å². The first kappa shape index (κ1) is 18.0. The highest BCUT2D eigenvalue weighted by molar-refractivity contribution is 5.94. The summed E-state index contributed by atoms with van der Waals surface area (Å²) in [5.74, 6) is -1.40. The molecule has 1 rings (SSSR count). The number of hydrogen-bond donors (Lipinski definition) is 4. The molecule has 4 N–H and O–H groups in total. The number of nitrogens with one attached hydrogen (secondary N) is 2. The summed E-state index contributed by atoms with van der Waals surface area (Å²) in [6, 6.07) is 5.23. The molecule has 1 aromatic carbocycles. The van der Waals surface area contributed by atoms with E-state index in [1.54, 1.807) is 12.1 Å². The number of carbonyl (C=O) groups excluding carboxylic acids is 1. The lowest BCUT2D eigenvalue weighted by atomic mass is 10.1. The molecule has 0 aliphatic carbocycles. The second-order valence-electron chi connectivity index (χ2n) is 5.21. The molecule has 0 fully saturated rings. The average molecular weight is 308 g/mol. The SMILES string of the molecule is CCCCCCN[C@H](CC(=O)Nc1cccc(O)c1)C(=O)O. The van der Waals surface area contributed by atoms with E-state index in [-0.39, 0.29) is 12.2 Å². The number of unbranched alkanes of at least 4 members (excludes halogenated alkanes) is 3. The van der Waals surface area contributed by atoms with Crippen LogP contribution in [0, 0.1) is 0 Å². The summed E-state index contributed by atoms with van der Waals surface area (Å²) in [6.45, 7) is 2.69. The van der Waals surface area contributed by atoms with Crippen LogP contribution in [0.25, 0.3) is 0 Å². The van der Waals surface area contributed by atoms with Crippen LogP contribution in [0.5, 0.6) is 5.75 Å². The molecule has 0 unspecified atom stereocenters. The van der Waals surface area contributed by atoms with Crippen LogP contribution in [0.1, 0.15) is 39.0 Å². The second-order valence-corrected chi connectivity index (χ2v) is 5.21. The van der Waals surface area contributed by atoms with Gasteiger partial charge in [0, 0.05) is 11.8 Å². The van der Waals surface area contributed by atoms with Crippen molar-refractivity contribution in [2.24, 2.45) is 0 Å². The molecule has 0 bridgehead atoms. The Labute approximate surface area is 130 Å². The molecule has 1 amide bonds. The number of rotatable bonds is 10. The molecular formula is C16H24N2O4. The van der Waals surface area contributed by atoms with E-state index in [0.29, 0.717) is 12.2 Å². The van der Waals surface area contributed by atoms with Gasteiger partial charge in [-0.15, -0.1) is 0 Å². The maximum Gasteiger partial charge on any atom is 0.321 e. The number of carboxylic acids is 1. The number of hydrogen-bond acceptors (Lipinski definition) is 4. The topological polar surface area (TPSA) is 98.7 Å². The van der Waals surface area contributed by atoms with Crippen molar-refractivity contribution < 1.29 is 19.8 Å². The Kier molecular flexibility index (Phi) is 7.99. The third kappa shape index (κ3) is 7.08. The van der Waals surface area contributed by atoms with Crippen molar-refractivity contribution in [1.29, 1.82) is 0 Å². The average Bonchev–Trinajstić information content (AvgIpc) is 2.45. The van der Waals surface area contributed by atoms with Crippen molar-refractivity contribution in [2.75, 3.05) is 11.9 Å². The molecule has 0 aliphatic heterocycles. The fraction of sp³-hybridized carbons (Fsp3) is 0.500. The van der Waals surface area contributed by atoms with Crippen molar-refractivity contribution >= 4 is 17.6 Å². The Balaban J connectivity index is 2.41. The minimum atomic E-state index is -1.04. The lowest BCUT2D eigenvalue weighted by Gasteiger charge is -2.14. The zero-order valence-corrected chi connectivity index (χ0v) is 12.8. The maximum atomic E-state index is 11.9. The summed E-state index contributed by atoms with van der Waals surface area (Å²) in [5, 5.41) is 24.0. The smallest absolute Gasteiger partial charge is 0.321 e. The first-order chi connectivity index (χ1) is 10.5. The molecule has 0 radical (unpaired) electrons. The number of anilines is 1. The maximum absolute atomic E-state index is 11.9. The lowest BCUT2D eigenvalue weighted by molar-refractivity contribution is -0.141. The van der Waals surface area contributed by atoms with Crippen LogP contribution in [0.4, 0.5) is 5.69 Å². The van der Waals surface area contributed by atoms with Crippen molar-refractivity contribution in [2.45, 2.75) is 45.1 Å². The molecule has 0 saturated carbocycles. The lowest BCUT2D eigenvalue weighted by Crippen LogP contribution is -2.40. The van der Waals surface area contributed by atoms with Crippen molar-refractivity contribution in [3.8, 4) is 5.75 Å². The summed E-state index contributed by atoms with van der Waals surface area (Å²) in [5.41, 5.74) is 0.442. The van der Waals surface area contributed by atoms with Crippen molar-refractivity contribution in [3.63, 3.8) is 0 Å². The van der Waals surface area contributed by atoms with Gasteiger partial charge in [-0.25, -0.2) is 0 Å². The van der Waals surface area contributed by atoms with Crippen LogP contribution in [0.2, 0.25) is 0 Å². The van der Waals surface area contributed by atoms with Crippen LogP contribution < -0.4 is 10.6 Å². The van der Waals surface area contributed by atoms with E-state index in [1.165, 1.54) is 12.1 Å². The summed E-state index contributed by atoms with van der Waals surface area (Å²) in [4.78, 5) is 23.1. The first-order valence-corrected chi connectivity index (χ1v) is 7.58. The third-order valence-electron chi connectivity index (χ3n) is 3.24. The Bertz CT molecular complexity index is 491. The molecule has 6 heteroatoms. The van der Waals surface area contributed by atoms with Gasteiger partial charge in [0.25, 0.3) is 0 Å². The monoisotopic (exact) mass is 308 g/mol. The summed E-state index contributed by atoms with van der Waals surface area (Å²) >= 11 is 0. The fourth-order valence-corrected chi connectivity index (χ4v) is 2.06. The zero-order chi connectivity index (χ0) is 16.4. The van der Waals surface area contributed by atoms with E-state index in [1.807, 2.05) is 0 Å². The summed E-state index contributed by atoms with van der Waals surface area (Å²) < 4.78 is 0. The van der Waals surface area contributed by atoms with Crippen LogP contribution >= 0.6 is 0 Å². The Morgan fingerprint density at radius 1 is 1.23 bits per heavy atom. The summed E-state index contributed by atoms with van der Waals surface area (Å²) in [7, 11) is 0. The third-order valence-corrected chi connectivity index (χ3v) is 3.24. The van der Waals surface area contributed by atoms with E-state index in [2.05, 4.69) is 17.6 Å². The number of phenols is 1. The van der Waals surface area contributed by atoms with E-state index in [9.17, 15) is 14.7 Å². The molecule has 1 atom stereocenters. The van der Waals surface area contributed by atoms with E-state index >= 15 is 0 Å². The molecule has 0 spiro atoms. The van der Waals surface area contributed by atoms with Gasteiger partial charge in [-0.2, -0.15) is 0 Å².